The van der Waals surface area contributed by atoms with Crippen LogP contribution in [0.1, 0.15) is 35.1 Å². The Bertz CT molecular complexity index is 679. The second kappa shape index (κ2) is 4.72. The molecule has 0 saturated carbocycles. The highest BCUT2D eigenvalue weighted by molar-refractivity contribution is 5.53. The molecule has 0 heterocycles. The number of rotatable bonds is 2. The van der Waals surface area contributed by atoms with Crippen molar-refractivity contribution in [3.8, 4) is 0 Å². The molecule has 0 aliphatic heterocycles. The van der Waals surface area contributed by atoms with Gasteiger partial charge in [-0.25, -0.2) is 0 Å². The Morgan fingerprint density at radius 3 is 2.60 bits per heavy atom. The number of nitrogens with zero attached hydrogens (tertiary/aromatic N) is 1. The van der Waals surface area contributed by atoms with Gasteiger partial charge in [-0.3, -0.25) is 10.1 Å². The molecule has 0 bridgehead atoms. The summed E-state index contributed by atoms with van der Waals surface area (Å²) in [5, 5.41) is 21.0. The first kappa shape index (κ1) is 12.8. The van der Waals surface area contributed by atoms with Crippen molar-refractivity contribution < 1.29 is 10.0 Å². The molecule has 4 nitrogen and oxygen atoms in total. The lowest BCUT2D eigenvalue weighted by Gasteiger charge is -2.30. The highest BCUT2D eigenvalue weighted by Gasteiger charge is 2.29. The molecule has 20 heavy (non-hydrogen) atoms. The molecular weight excluding hydrogens is 254 g/mol. The van der Waals surface area contributed by atoms with Crippen LogP contribution in [0.15, 0.2) is 42.5 Å². The maximum atomic E-state index is 10.9. The molecule has 102 valence electrons. The number of nitro benzene ring substituents is 1. The molecule has 0 fully saturated rings. The first-order chi connectivity index (χ1) is 9.58. The summed E-state index contributed by atoms with van der Waals surface area (Å²) in [6.45, 7) is 1.76. The van der Waals surface area contributed by atoms with Gasteiger partial charge in [-0.15, -0.1) is 0 Å². The first-order valence-corrected chi connectivity index (χ1v) is 6.61. The zero-order valence-electron chi connectivity index (χ0n) is 11.1. The monoisotopic (exact) mass is 269 g/mol. The van der Waals surface area contributed by atoms with E-state index in [9.17, 15) is 15.2 Å². The van der Waals surface area contributed by atoms with Crippen molar-refractivity contribution in [2.75, 3.05) is 0 Å². The van der Waals surface area contributed by atoms with Crippen LogP contribution in [0, 0.1) is 10.1 Å². The van der Waals surface area contributed by atoms with Gasteiger partial charge in [0.05, 0.1) is 11.0 Å². The van der Waals surface area contributed by atoms with E-state index in [2.05, 4.69) is 0 Å². The zero-order valence-corrected chi connectivity index (χ0v) is 11.1. The van der Waals surface area contributed by atoms with Crippen LogP contribution in [0.25, 0.3) is 0 Å². The number of hydrogen-bond donors (Lipinski definition) is 1. The summed E-state index contributed by atoms with van der Waals surface area (Å²) < 4.78 is 0. The Hall–Kier alpha value is -2.20. The number of hydrogen-bond acceptors (Lipinski definition) is 3. The highest BCUT2D eigenvalue weighted by atomic mass is 16.6. The Balaban J connectivity index is 2.17. The third-order valence-electron chi connectivity index (χ3n) is 3.93. The van der Waals surface area contributed by atoms with Crippen molar-refractivity contribution in [2.45, 2.75) is 25.4 Å². The van der Waals surface area contributed by atoms with E-state index in [0.717, 1.165) is 22.3 Å². The Morgan fingerprint density at radius 2 is 1.90 bits per heavy atom. The van der Waals surface area contributed by atoms with Crippen LogP contribution in [0.4, 0.5) is 5.69 Å². The number of aliphatic hydroxyl groups excluding tert-OH is 1. The van der Waals surface area contributed by atoms with Crippen LogP contribution < -0.4 is 0 Å². The van der Waals surface area contributed by atoms with Crippen LogP contribution in [0.2, 0.25) is 0 Å². The fraction of sp³-hybridized carbons (Fsp3) is 0.250. The Morgan fingerprint density at radius 1 is 1.20 bits per heavy atom. The fourth-order valence-electron chi connectivity index (χ4n) is 3.05. The maximum Gasteiger partial charge on any atom is 0.269 e. The largest absolute Gasteiger partial charge is 0.392 e. The van der Waals surface area contributed by atoms with Gasteiger partial charge in [0.15, 0.2) is 0 Å². The minimum Gasteiger partial charge on any atom is -0.392 e. The van der Waals surface area contributed by atoms with Crippen LogP contribution in [0.3, 0.4) is 0 Å². The van der Waals surface area contributed by atoms with Gasteiger partial charge in [-0.2, -0.15) is 0 Å². The third kappa shape index (κ3) is 1.98. The quantitative estimate of drug-likeness (QED) is 0.673. The smallest absolute Gasteiger partial charge is 0.269 e. The van der Waals surface area contributed by atoms with Crippen molar-refractivity contribution in [1.82, 2.24) is 0 Å². The molecule has 0 amide bonds. The molecule has 0 saturated heterocycles. The normalized spacial score (nSPS) is 18.0. The number of benzene rings is 2. The van der Waals surface area contributed by atoms with E-state index >= 15 is 0 Å². The summed E-state index contributed by atoms with van der Waals surface area (Å²) in [4.78, 5) is 10.5. The SMILES string of the molecule is CC(O)C1c2ccccc2Cc2cc([N+](=O)[O-])ccc21. The van der Waals surface area contributed by atoms with Crippen molar-refractivity contribution in [3.05, 3.63) is 74.8 Å². The van der Waals surface area contributed by atoms with Gasteiger partial charge in [-0.1, -0.05) is 30.3 Å². The van der Waals surface area contributed by atoms with Crippen molar-refractivity contribution in [2.24, 2.45) is 0 Å². The molecule has 1 aliphatic carbocycles. The molecule has 0 radical (unpaired) electrons. The molecule has 4 heteroatoms. The average molecular weight is 269 g/mol. The van der Waals surface area contributed by atoms with E-state index in [0.29, 0.717) is 6.42 Å². The van der Waals surface area contributed by atoms with E-state index in [1.165, 1.54) is 6.07 Å². The summed E-state index contributed by atoms with van der Waals surface area (Å²) in [5.74, 6) is -0.115. The molecule has 2 atom stereocenters. The lowest BCUT2D eigenvalue weighted by atomic mass is 9.76. The van der Waals surface area contributed by atoms with Gasteiger partial charge in [0, 0.05) is 18.1 Å². The van der Waals surface area contributed by atoms with Crippen LogP contribution >= 0.6 is 0 Å². The topological polar surface area (TPSA) is 63.4 Å². The second-order valence-corrected chi connectivity index (χ2v) is 5.23. The van der Waals surface area contributed by atoms with Gasteiger partial charge in [0.25, 0.3) is 5.69 Å². The second-order valence-electron chi connectivity index (χ2n) is 5.23. The molecule has 1 aliphatic rings. The van der Waals surface area contributed by atoms with Crippen LogP contribution in [-0.4, -0.2) is 16.1 Å². The molecule has 0 spiro atoms. The van der Waals surface area contributed by atoms with Gasteiger partial charge in [0.2, 0.25) is 0 Å². The van der Waals surface area contributed by atoms with Crippen LogP contribution in [-0.2, 0) is 6.42 Å². The minimum absolute atomic E-state index is 0.104. The lowest BCUT2D eigenvalue weighted by molar-refractivity contribution is -0.384. The number of fused-ring (bicyclic) bond motifs is 2. The minimum atomic E-state index is -0.531. The van der Waals surface area contributed by atoms with Gasteiger partial charge in [0.1, 0.15) is 0 Å². The van der Waals surface area contributed by atoms with Crippen molar-refractivity contribution >= 4 is 5.69 Å². The standard InChI is InChI=1S/C16H15NO3/c1-10(18)16-14-5-3-2-4-11(14)8-12-9-13(17(19)20)6-7-15(12)16/h2-7,9-10,16,18H,8H2,1H3. The number of aliphatic hydroxyl groups is 1. The molecular formula is C16H15NO3. The van der Waals surface area contributed by atoms with Crippen molar-refractivity contribution in [3.63, 3.8) is 0 Å². The van der Waals surface area contributed by atoms with Gasteiger partial charge < -0.3 is 5.11 Å². The third-order valence-corrected chi connectivity index (χ3v) is 3.93. The van der Waals surface area contributed by atoms with E-state index in [1.807, 2.05) is 24.3 Å². The molecule has 3 rings (SSSR count). The van der Waals surface area contributed by atoms with Gasteiger partial charge >= 0.3 is 0 Å². The maximum absolute atomic E-state index is 10.9. The highest BCUT2D eigenvalue weighted by Crippen LogP contribution is 2.39. The Labute approximate surface area is 116 Å². The first-order valence-electron chi connectivity index (χ1n) is 6.61. The number of non-ortho nitro benzene ring substituents is 1. The van der Waals surface area contributed by atoms with Gasteiger partial charge in [-0.05, 0) is 35.6 Å². The average Bonchev–Trinajstić information content (AvgIpc) is 2.43. The number of nitro groups is 1. The zero-order chi connectivity index (χ0) is 14.3. The summed E-state index contributed by atoms with van der Waals surface area (Å²) in [5.41, 5.74) is 4.27. The van der Waals surface area contributed by atoms with E-state index < -0.39 is 6.10 Å². The molecule has 2 aromatic rings. The molecule has 1 N–H and O–H groups in total. The van der Waals surface area contributed by atoms with Crippen LogP contribution in [0.5, 0.6) is 0 Å². The summed E-state index contributed by atoms with van der Waals surface area (Å²) >= 11 is 0. The van der Waals surface area contributed by atoms with E-state index in [-0.39, 0.29) is 16.5 Å². The fourth-order valence-corrected chi connectivity index (χ4v) is 3.05. The molecule has 2 aromatic carbocycles. The lowest BCUT2D eigenvalue weighted by Crippen LogP contribution is -2.22. The van der Waals surface area contributed by atoms with Crippen molar-refractivity contribution in [1.29, 1.82) is 0 Å². The summed E-state index contributed by atoms with van der Waals surface area (Å²) in [6.07, 6.45) is 0.146. The van der Waals surface area contributed by atoms with E-state index in [4.69, 9.17) is 0 Å². The molecule has 2 unspecified atom stereocenters. The summed E-state index contributed by atoms with van der Waals surface area (Å²) in [7, 11) is 0. The predicted molar refractivity (Wildman–Crippen MR) is 75.9 cm³/mol. The molecule has 0 aromatic heterocycles. The Kier molecular flexibility index (Phi) is 3.03. The predicted octanol–water partition coefficient (Wildman–Crippen LogP) is 3.01. The van der Waals surface area contributed by atoms with E-state index in [1.54, 1.807) is 19.1 Å². The summed E-state index contributed by atoms with van der Waals surface area (Å²) in [6, 6.07) is 12.9.